The van der Waals surface area contributed by atoms with E-state index < -0.39 is 0 Å². The fourth-order valence-electron chi connectivity index (χ4n) is 1.74. The van der Waals surface area contributed by atoms with Gasteiger partial charge in [-0.15, -0.1) is 0 Å². The summed E-state index contributed by atoms with van der Waals surface area (Å²) in [6.45, 7) is 0. The molecule has 5 heteroatoms. The highest BCUT2D eigenvalue weighted by Gasteiger charge is 2.14. The number of anilines is 1. The molecule has 0 amide bonds. The lowest BCUT2D eigenvalue weighted by atomic mass is 10.0. The molecule has 0 heterocycles. The lowest BCUT2D eigenvalue weighted by Crippen LogP contribution is -2.25. The molecule has 0 saturated heterocycles. The average Bonchev–Trinajstić information content (AvgIpc) is 2.49. The summed E-state index contributed by atoms with van der Waals surface area (Å²) in [5.41, 5.74) is 1.72. The van der Waals surface area contributed by atoms with Crippen LogP contribution < -0.4 is 10.6 Å². The maximum atomic E-state index is 12.5. The monoisotopic (exact) mass is 304 g/mol. The number of hydrogen-bond donors (Lipinski definition) is 2. The highest BCUT2D eigenvalue weighted by Crippen LogP contribution is 2.23. The van der Waals surface area contributed by atoms with E-state index in [0.717, 1.165) is 0 Å². The number of carbonyl (C=O) groups excluding carboxylic acids is 1. The number of benzene rings is 2. The number of rotatable bonds is 3. The normalized spacial score (nSPS) is 9.90. The molecule has 0 bridgehead atoms. The zero-order valence-corrected chi connectivity index (χ0v) is 12.4. The van der Waals surface area contributed by atoms with Crippen LogP contribution in [-0.4, -0.2) is 17.9 Å². The van der Waals surface area contributed by atoms with Crippen molar-refractivity contribution >= 4 is 40.4 Å². The Labute approximate surface area is 128 Å². The van der Waals surface area contributed by atoms with E-state index >= 15 is 0 Å². The van der Waals surface area contributed by atoms with Crippen LogP contribution in [-0.2, 0) is 0 Å². The van der Waals surface area contributed by atoms with Gasteiger partial charge in [-0.2, -0.15) is 0 Å². The summed E-state index contributed by atoms with van der Waals surface area (Å²) in [7, 11) is 1.71. The van der Waals surface area contributed by atoms with Gasteiger partial charge in [0.2, 0.25) is 0 Å². The third-order valence-corrected chi connectivity index (χ3v) is 3.28. The number of thiocarbonyl (C=S) groups is 1. The number of nitrogens with one attached hydrogen (secondary N) is 2. The molecule has 2 rings (SSSR count). The van der Waals surface area contributed by atoms with Crippen molar-refractivity contribution in [2.45, 2.75) is 0 Å². The first-order chi connectivity index (χ1) is 9.61. The number of hydrogen-bond acceptors (Lipinski definition) is 2. The first-order valence-corrected chi connectivity index (χ1v) is 6.78. The van der Waals surface area contributed by atoms with Gasteiger partial charge in [0.1, 0.15) is 0 Å². The van der Waals surface area contributed by atoms with Crippen LogP contribution in [0.3, 0.4) is 0 Å². The van der Waals surface area contributed by atoms with Gasteiger partial charge in [-0.3, -0.25) is 4.79 Å². The first-order valence-electron chi connectivity index (χ1n) is 6.00. The summed E-state index contributed by atoms with van der Waals surface area (Å²) in [5.74, 6) is -0.102. The molecule has 0 aliphatic rings. The quantitative estimate of drug-likeness (QED) is 0.673. The fourth-order valence-corrected chi connectivity index (χ4v) is 2.03. The maximum absolute atomic E-state index is 12.5. The molecule has 0 aliphatic carbocycles. The van der Waals surface area contributed by atoms with Crippen molar-refractivity contribution in [3.63, 3.8) is 0 Å². The molecule has 2 N–H and O–H groups in total. The van der Waals surface area contributed by atoms with Crippen molar-refractivity contribution in [3.05, 3.63) is 64.7 Å². The molecule has 102 valence electrons. The van der Waals surface area contributed by atoms with Crippen molar-refractivity contribution < 1.29 is 4.79 Å². The molecule has 2 aromatic carbocycles. The van der Waals surface area contributed by atoms with Crippen molar-refractivity contribution in [1.82, 2.24) is 5.32 Å². The van der Waals surface area contributed by atoms with Gasteiger partial charge in [0.05, 0.1) is 5.69 Å². The molecule has 0 atom stereocenters. The second kappa shape index (κ2) is 6.50. The molecule has 0 fully saturated rings. The smallest absolute Gasteiger partial charge is 0.195 e. The molecule has 2 aromatic rings. The van der Waals surface area contributed by atoms with Gasteiger partial charge in [-0.1, -0.05) is 41.9 Å². The van der Waals surface area contributed by atoms with E-state index in [1.165, 1.54) is 0 Å². The lowest BCUT2D eigenvalue weighted by Gasteiger charge is -2.12. The second-order valence-electron chi connectivity index (χ2n) is 4.09. The van der Waals surface area contributed by atoms with Gasteiger partial charge in [-0.05, 0) is 30.4 Å². The van der Waals surface area contributed by atoms with E-state index in [-0.39, 0.29) is 5.78 Å². The van der Waals surface area contributed by atoms with Crippen molar-refractivity contribution in [1.29, 1.82) is 0 Å². The average molecular weight is 305 g/mol. The molecule has 3 nitrogen and oxygen atoms in total. The fraction of sp³-hybridized carbons (Fsp3) is 0.0667. The van der Waals surface area contributed by atoms with E-state index in [0.29, 0.717) is 26.9 Å². The number of carbonyl (C=O) groups is 1. The Morgan fingerprint density at radius 1 is 1.15 bits per heavy atom. The van der Waals surface area contributed by atoms with Gasteiger partial charge < -0.3 is 10.6 Å². The number of ketones is 1. The summed E-state index contributed by atoms with van der Waals surface area (Å²) >= 11 is 11.1. The van der Waals surface area contributed by atoms with Gasteiger partial charge in [0, 0.05) is 23.2 Å². The Morgan fingerprint density at radius 2 is 1.85 bits per heavy atom. The van der Waals surface area contributed by atoms with Crippen LogP contribution >= 0.6 is 23.8 Å². The summed E-state index contributed by atoms with van der Waals surface area (Å²) in [4.78, 5) is 12.5. The molecule has 0 unspecified atom stereocenters. The molecular formula is C15H13ClN2OS. The Hall–Kier alpha value is -1.91. The van der Waals surface area contributed by atoms with E-state index in [1.807, 2.05) is 18.2 Å². The highest BCUT2D eigenvalue weighted by atomic mass is 35.5. The molecule has 20 heavy (non-hydrogen) atoms. The lowest BCUT2D eigenvalue weighted by molar-refractivity contribution is 0.103. The predicted octanol–water partition coefficient (Wildman–Crippen LogP) is 3.49. The Morgan fingerprint density at radius 3 is 2.50 bits per heavy atom. The minimum absolute atomic E-state index is 0.102. The van der Waals surface area contributed by atoms with Crippen molar-refractivity contribution in [2.24, 2.45) is 0 Å². The van der Waals surface area contributed by atoms with E-state index in [2.05, 4.69) is 10.6 Å². The van der Waals surface area contributed by atoms with Crippen LogP contribution in [0.1, 0.15) is 15.9 Å². The zero-order chi connectivity index (χ0) is 14.5. The van der Waals surface area contributed by atoms with Gasteiger partial charge in [-0.25, -0.2) is 0 Å². The molecule has 0 aliphatic heterocycles. The third-order valence-electron chi connectivity index (χ3n) is 2.74. The largest absolute Gasteiger partial charge is 0.366 e. The summed E-state index contributed by atoms with van der Waals surface area (Å²) < 4.78 is 0. The standard InChI is InChI=1S/C15H13ClN2OS/c1-17-15(20)18-13-8-7-11(16)9-12(13)14(19)10-5-3-2-4-6-10/h2-9H,1H3,(H2,17,18,20). The van der Waals surface area contributed by atoms with Crippen LogP contribution in [0, 0.1) is 0 Å². The minimum atomic E-state index is -0.102. The second-order valence-corrected chi connectivity index (χ2v) is 4.93. The Kier molecular flexibility index (Phi) is 4.71. The van der Waals surface area contributed by atoms with Gasteiger partial charge in [0.15, 0.2) is 10.9 Å². The third kappa shape index (κ3) is 3.35. The molecular weight excluding hydrogens is 292 g/mol. The van der Waals surface area contributed by atoms with E-state index in [4.69, 9.17) is 23.8 Å². The first kappa shape index (κ1) is 14.5. The maximum Gasteiger partial charge on any atom is 0.195 e. The number of halogens is 1. The van der Waals surface area contributed by atoms with Crippen molar-refractivity contribution in [3.8, 4) is 0 Å². The molecule has 0 radical (unpaired) electrons. The van der Waals surface area contributed by atoms with E-state index in [1.54, 1.807) is 37.4 Å². The van der Waals surface area contributed by atoms with Crippen LogP contribution in [0.15, 0.2) is 48.5 Å². The summed E-state index contributed by atoms with van der Waals surface area (Å²) in [6, 6.07) is 14.1. The van der Waals surface area contributed by atoms with E-state index in [9.17, 15) is 4.79 Å². The van der Waals surface area contributed by atoms with Gasteiger partial charge >= 0.3 is 0 Å². The van der Waals surface area contributed by atoms with Crippen LogP contribution in [0.5, 0.6) is 0 Å². The molecule has 0 aromatic heterocycles. The summed E-state index contributed by atoms with van der Waals surface area (Å²) in [6.07, 6.45) is 0. The molecule has 0 saturated carbocycles. The van der Waals surface area contributed by atoms with Crippen LogP contribution in [0.4, 0.5) is 5.69 Å². The van der Waals surface area contributed by atoms with Crippen LogP contribution in [0.25, 0.3) is 0 Å². The minimum Gasteiger partial charge on any atom is -0.366 e. The molecule has 0 spiro atoms. The Bertz CT molecular complexity index is 644. The van der Waals surface area contributed by atoms with Gasteiger partial charge in [0.25, 0.3) is 0 Å². The predicted molar refractivity (Wildman–Crippen MR) is 86.6 cm³/mol. The summed E-state index contributed by atoms with van der Waals surface area (Å²) in [5, 5.41) is 6.73. The van der Waals surface area contributed by atoms with Crippen molar-refractivity contribution in [2.75, 3.05) is 12.4 Å². The SMILES string of the molecule is CNC(=S)Nc1ccc(Cl)cc1C(=O)c1ccccc1. The zero-order valence-electron chi connectivity index (χ0n) is 10.8. The Balaban J connectivity index is 2.41. The van der Waals surface area contributed by atoms with Crippen LogP contribution in [0.2, 0.25) is 5.02 Å². The topological polar surface area (TPSA) is 41.1 Å². The highest BCUT2D eigenvalue weighted by molar-refractivity contribution is 7.80.